The molecule has 0 spiro atoms. The Labute approximate surface area is 152 Å². The second-order valence-electron chi connectivity index (χ2n) is 7.42. The third kappa shape index (κ3) is 2.00. The second-order valence-corrected chi connectivity index (χ2v) is 7.42. The van der Waals surface area contributed by atoms with Gasteiger partial charge in [-0.15, -0.1) is 0 Å². The lowest BCUT2D eigenvalue weighted by atomic mass is 9.53. The summed E-state index contributed by atoms with van der Waals surface area (Å²) in [5.74, 6) is 2.62. The number of nitrogens with zero attached hydrogens (tertiary/aromatic N) is 3. The highest BCUT2D eigenvalue weighted by Gasteiger charge is 2.53. The smallest absolute Gasteiger partial charge is 0.143 e. The van der Waals surface area contributed by atoms with E-state index in [9.17, 15) is 0 Å². The first-order chi connectivity index (χ1) is 12.7. The molecule has 0 bridgehead atoms. The average molecular weight is 347 g/mol. The molecule has 3 aromatic rings. The number of aromatic nitrogens is 3. The van der Waals surface area contributed by atoms with Crippen molar-refractivity contribution in [3.63, 3.8) is 0 Å². The Hall–Kier alpha value is -2.69. The van der Waals surface area contributed by atoms with Crippen LogP contribution in [0.5, 0.6) is 5.75 Å². The average Bonchev–Trinajstić information content (AvgIpc) is 3.16. The molecule has 0 saturated heterocycles. The van der Waals surface area contributed by atoms with Crippen LogP contribution < -0.4 is 4.74 Å². The summed E-state index contributed by atoms with van der Waals surface area (Å²) in [6.45, 7) is 2.26. The van der Waals surface area contributed by atoms with Gasteiger partial charge in [-0.2, -0.15) is 0 Å². The van der Waals surface area contributed by atoms with Gasteiger partial charge in [0, 0.05) is 23.1 Å². The van der Waals surface area contributed by atoms with Crippen molar-refractivity contribution in [3.05, 3.63) is 71.1 Å². The lowest BCUT2D eigenvalue weighted by molar-refractivity contribution is 0.188. The summed E-state index contributed by atoms with van der Waals surface area (Å²) < 4.78 is 11.0. The van der Waals surface area contributed by atoms with Crippen molar-refractivity contribution < 1.29 is 9.26 Å². The first-order valence-corrected chi connectivity index (χ1v) is 9.11. The zero-order valence-electron chi connectivity index (χ0n) is 15.0. The van der Waals surface area contributed by atoms with E-state index in [0.717, 1.165) is 36.5 Å². The summed E-state index contributed by atoms with van der Waals surface area (Å²) >= 11 is 0. The maximum Gasteiger partial charge on any atom is 0.143 e. The summed E-state index contributed by atoms with van der Waals surface area (Å²) in [6, 6.07) is 8.47. The van der Waals surface area contributed by atoms with Crippen molar-refractivity contribution in [2.45, 2.75) is 37.5 Å². The van der Waals surface area contributed by atoms with Crippen molar-refractivity contribution in [2.75, 3.05) is 7.11 Å². The van der Waals surface area contributed by atoms with E-state index < -0.39 is 0 Å². The van der Waals surface area contributed by atoms with E-state index in [1.54, 1.807) is 13.4 Å². The maximum atomic E-state index is 5.62. The van der Waals surface area contributed by atoms with Crippen LogP contribution in [0.2, 0.25) is 0 Å². The highest BCUT2D eigenvalue weighted by Crippen LogP contribution is 2.56. The number of aryl methyl sites for hydroxylation is 1. The van der Waals surface area contributed by atoms with Crippen LogP contribution >= 0.6 is 0 Å². The summed E-state index contributed by atoms with van der Waals surface area (Å²) in [5.41, 5.74) is 4.71. The molecule has 0 amide bonds. The van der Waals surface area contributed by atoms with Crippen LogP contribution in [0.4, 0.5) is 0 Å². The Bertz CT molecular complexity index is 950. The lowest BCUT2D eigenvalue weighted by Crippen LogP contribution is -2.48. The summed E-state index contributed by atoms with van der Waals surface area (Å²) in [7, 11) is 1.70. The fourth-order valence-corrected chi connectivity index (χ4v) is 5.17. The molecule has 0 N–H and O–H groups in total. The van der Waals surface area contributed by atoms with E-state index in [4.69, 9.17) is 14.2 Å². The molecule has 0 fully saturated rings. The van der Waals surface area contributed by atoms with Gasteiger partial charge in [0.1, 0.15) is 17.8 Å². The Morgan fingerprint density at radius 2 is 2.00 bits per heavy atom. The predicted octanol–water partition coefficient (Wildman–Crippen LogP) is 3.68. The Morgan fingerprint density at radius 3 is 2.81 bits per heavy atom. The van der Waals surface area contributed by atoms with Crippen LogP contribution in [0.25, 0.3) is 0 Å². The molecule has 2 aliphatic carbocycles. The van der Waals surface area contributed by atoms with Gasteiger partial charge in [-0.3, -0.25) is 0 Å². The first kappa shape index (κ1) is 15.6. The van der Waals surface area contributed by atoms with Gasteiger partial charge in [0.05, 0.1) is 19.0 Å². The second kappa shape index (κ2) is 5.66. The van der Waals surface area contributed by atoms with Crippen LogP contribution in [0, 0.1) is 5.92 Å². The van der Waals surface area contributed by atoms with E-state index in [1.165, 1.54) is 16.7 Å². The van der Waals surface area contributed by atoms with E-state index in [-0.39, 0.29) is 5.41 Å². The molecule has 1 aromatic carbocycles. The molecule has 26 heavy (non-hydrogen) atoms. The van der Waals surface area contributed by atoms with Crippen molar-refractivity contribution in [1.82, 2.24) is 15.1 Å². The molecule has 0 unspecified atom stereocenters. The number of rotatable bonds is 2. The molecule has 0 saturated carbocycles. The molecular formula is C21H21N3O2. The van der Waals surface area contributed by atoms with Crippen LogP contribution in [-0.2, 0) is 18.3 Å². The Morgan fingerprint density at radius 1 is 1.15 bits per heavy atom. The highest BCUT2D eigenvalue weighted by atomic mass is 16.5. The van der Waals surface area contributed by atoms with Crippen LogP contribution in [-0.4, -0.2) is 22.2 Å². The molecular weight excluding hydrogens is 326 g/mol. The Kier molecular flexibility index (Phi) is 3.39. The highest BCUT2D eigenvalue weighted by molar-refractivity contribution is 5.49. The summed E-state index contributed by atoms with van der Waals surface area (Å²) in [4.78, 5) is 9.07. The SMILES string of the molecule is COc1ccc([C@]23Cc4cnoc4[C@@H](C)[C@@H]2CCc2cncnc23)cc1. The third-order valence-corrected chi connectivity index (χ3v) is 6.34. The topological polar surface area (TPSA) is 61.0 Å². The number of hydrogen-bond donors (Lipinski definition) is 0. The minimum atomic E-state index is -0.180. The zero-order chi connectivity index (χ0) is 17.7. The van der Waals surface area contributed by atoms with Gasteiger partial charge in [0.25, 0.3) is 0 Å². The van der Waals surface area contributed by atoms with Crippen LogP contribution in [0.3, 0.4) is 0 Å². The molecule has 2 aliphatic rings. The number of ether oxygens (including phenoxy) is 1. The van der Waals surface area contributed by atoms with E-state index in [0.29, 0.717) is 11.8 Å². The van der Waals surface area contributed by atoms with E-state index >= 15 is 0 Å². The minimum absolute atomic E-state index is 0.180. The third-order valence-electron chi connectivity index (χ3n) is 6.34. The molecule has 0 aliphatic heterocycles. The van der Waals surface area contributed by atoms with Crippen molar-refractivity contribution >= 4 is 0 Å². The van der Waals surface area contributed by atoms with Gasteiger partial charge in [0.15, 0.2) is 0 Å². The van der Waals surface area contributed by atoms with Gasteiger partial charge in [-0.25, -0.2) is 9.97 Å². The predicted molar refractivity (Wildman–Crippen MR) is 96.2 cm³/mol. The standard InChI is InChI=1S/C21H21N3O2/c1-13-18-8-3-14-10-22-12-23-20(14)21(18,9-15-11-24-26-19(13)15)16-4-6-17(25-2)7-5-16/h4-7,10-13,18H,3,8-9H2,1-2H3/t13-,18-,21+/m0/s1. The van der Waals surface area contributed by atoms with Gasteiger partial charge in [-0.05, 0) is 48.4 Å². The van der Waals surface area contributed by atoms with E-state index in [2.05, 4.69) is 29.2 Å². The maximum absolute atomic E-state index is 5.62. The largest absolute Gasteiger partial charge is 0.497 e. The fraction of sp³-hybridized carbons (Fsp3) is 0.381. The lowest BCUT2D eigenvalue weighted by Gasteiger charge is -2.49. The van der Waals surface area contributed by atoms with Crippen LogP contribution in [0.1, 0.15) is 47.4 Å². The minimum Gasteiger partial charge on any atom is -0.497 e. The van der Waals surface area contributed by atoms with Crippen molar-refractivity contribution in [3.8, 4) is 5.75 Å². The van der Waals surface area contributed by atoms with Gasteiger partial charge < -0.3 is 9.26 Å². The molecule has 5 rings (SSSR count). The normalized spacial score (nSPS) is 26.5. The van der Waals surface area contributed by atoms with Crippen LogP contribution in [0.15, 0.2) is 47.5 Å². The molecule has 132 valence electrons. The summed E-state index contributed by atoms with van der Waals surface area (Å²) in [5, 5.41) is 4.09. The quantitative estimate of drug-likeness (QED) is 0.708. The van der Waals surface area contributed by atoms with Gasteiger partial charge in [0.2, 0.25) is 0 Å². The van der Waals surface area contributed by atoms with E-state index in [1.807, 2.05) is 24.5 Å². The summed E-state index contributed by atoms with van der Waals surface area (Å²) in [6.07, 6.45) is 8.50. The first-order valence-electron chi connectivity index (χ1n) is 9.11. The monoisotopic (exact) mass is 347 g/mol. The molecule has 5 nitrogen and oxygen atoms in total. The van der Waals surface area contributed by atoms with Crippen molar-refractivity contribution in [2.24, 2.45) is 5.92 Å². The molecule has 2 aromatic heterocycles. The fourth-order valence-electron chi connectivity index (χ4n) is 5.17. The number of benzene rings is 1. The number of hydrogen-bond acceptors (Lipinski definition) is 5. The molecule has 3 atom stereocenters. The van der Waals surface area contributed by atoms with Gasteiger partial charge in [-0.1, -0.05) is 24.2 Å². The zero-order valence-corrected chi connectivity index (χ0v) is 15.0. The number of methoxy groups -OCH3 is 1. The van der Waals surface area contributed by atoms with Crippen molar-refractivity contribution in [1.29, 1.82) is 0 Å². The van der Waals surface area contributed by atoms with Gasteiger partial charge >= 0.3 is 0 Å². The molecule has 0 radical (unpaired) electrons. The number of fused-ring (bicyclic) bond motifs is 4. The molecule has 5 heteroatoms. The molecule has 2 heterocycles. The Balaban J connectivity index is 1.78.